The first kappa shape index (κ1) is 20.7. The van der Waals surface area contributed by atoms with Gasteiger partial charge in [-0.1, -0.05) is 63.3 Å². The van der Waals surface area contributed by atoms with Crippen molar-refractivity contribution in [2.45, 2.75) is 76.7 Å². The molecule has 150 valence electrons. The Bertz CT molecular complexity index is 601. The zero-order chi connectivity index (χ0) is 19.3. The summed E-state index contributed by atoms with van der Waals surface area (Å²) >= 11 is 6.04. The zero-order valence-electron chi connectivity index (χ0n) is 17.0. The SMILES string of the molecule is CC(C)C(C(=O)NCC1(N2CCCCC2)CCCCC1)c1ccc(Cl)cc1. The Morgan fingerprint density at radius 2 is 1.63 bits per heavy atom. The fourth-order valence-corrected chi connectivity index (χ4v) is 5.18. The van der Waals surface area contributed by atoms with Crippen molar-refractivity contribution in [1.82, 2.24) is 10.2 Å². The molecule has 0 radical (unpaired) electrons. The van der Waals surface area contributed by atoms with Crippen LogP contribution in [0.2, 0.25) is 5.02 Å². The third-order valence-corrected chi connectivity index (χ3v) is 6.83. The van der Waals surface area contributed by atoms with E-state index in [0.717, 1.165) is 12.1 Å². The number of nitrogens with one attached hydrogen (secondary N) is 1. The molecule has 1 heterocycles. The number of amides is 1. The van der Waals surface area contributed by atoms with Gasteiger partial charge >= 0.3 is 0 Å². The quantitative estimate of drug-likeness (QED) is 0.706. The molecule has 1 aromatic carbocycles. The molecule has 3 rings (SSSR count). The van der Waals surface area contributed by atoms with Gasteiger partial charge in [0.15, 0.2) is 0 Å². The van der Waals surface area contributed by atoms with Crippen LogP contribution in [0, 0.1) is 5.92 Å². The third-order valence-electron chi connectivity index (χ3n) is 6.58. The number of likely N-dealkylation sites (tertiary alicyclic amines) is 1. The largest absolute Gasteiger partial charge is 0.354 e. The standard InChI is InChI=1S/C23H35ClN2O/c1-18(2)21(19-9-11-20(24)12-10-19)22(27)25-17-23(13-5-3-6-14-23)26-15-7-4-8-16-26/h9-12,18,21H,3-8,13-17H2,1-2H3,(H,25,27). The Balaban J connectivity index is 1.71. The number of benzene rings is 1. The van der Waals surface area contributed by atoms with Crippen LogP contribution in [-0.2, 0) is 4.79 Å². The summed E-state index contributed by atoms with van der Waals surface area (Å²) in [6, 6.07) is 7.76. The van der Waals surface area contributed by atoms with Gasteiger partial charge in [0.2, 0.25) is 5.91 Å². The number of rotatable bonds is 6. The van der Waals surface area contributed by atoms with E-state index in [0.29, 0.717) is 5.02 Å². The third kappa shape index (κ3) is 5.06. The first-order valence-corrected chi connectivity index (χ1v) is 11.2. The summed E-state index contributed by atoms with van der Waals surface area (Å²) in [5.41, 5.74) is 1.23. The predicted octanol–water partition coefficient (Wildman–Crippen LogP) is 5.38. The first-order chi connectivity index (χ1) is 13.0. The average molecular weight is 391 g/mol. The first-order valence-electron chi connectivity index (χ1n) is 10.8. The molecule has 3 nitrogen and oxygen atoms in total. The summed E-state index contributed by atoms with van der Waals surface area (Å²) in [4.78, 5) is 15.9. The fourth-order valence-electron chi connectivity index (χ4n) is 5.05. The molecule has 1 atom stereocenters. The molecule has 1 aliphatic carbocycles. The second-order valence-corrected chi connectivity index (χ2v) is 9.26. The van der Waals surface area contributed by atoms with E-state index in [2.05, 4.69) is 24.1 Å². The Morgan fingerprint density at radius 1 is 1.04 bits per heavy atom. The van der Waals surface area contributed by atoms with Crippen molar-refractivity contribution in [1.29, 1.82) is 0 Å². The number of hydrogen-bond acceptors (Lipinski definition) is 2. The molecular weight excluding hydrogens is 356 g/mol. The lowest BCUT2D eigenvalue weighted by atomic mass is 9.78. The van der Waals surface area contributed by atoms with Crippen molar-refractivity contribution < 1.29 is 4.79 Å². The highest BCUT2D eigenvalue weighted by atomic mass is 35.5. The Labute approximate surface area is 169 Å². The zero-order valence-corrected chi connectivity index (χ0v) is 17.7. The van der Waals surface area contributed by atoms with Crippen LogP contribution in [0.25, 0.3) is 0 Å². The van der Waals surface area contributed by atoms with Crippen molar-refractivity contribution in [2.24, 2.45) is 5.92 Å². The van der Waals surface area contributed by atoms with Crippen LogP contribution < -0.4 is 5.32 Å². The number of hydrogen-bond donors (Lipinski definition) is 1. The second-order valence-electron chi connectivity index (χ2n) is 8.82. The van der Waals surface area contributed by atoms with Crippen LogP contribution in [0.3, 0.4) is 0 Å². The Morgan fingerprint density at radius 3 is 2.22 bits per heavy atom. The van der Waals surface area contributed by atoms with E-state index in [1.165, 1.54) is 64.5 Å². The van der Waals surface area contributed by atoms with E-state index in [9.17, 15) is 4.79 Å². The highest BCUT2D eigenvalue weighted by Gasteiger charge is 2.39. The predicted molar refractivity (Wildman–Crippen MR) is 113 cm³/mol. The highest BCUT2D eigenvalue weighted by molar-refractivity contribution is 6.30. The maximum absolute atomic E-state index is 13.2. The van der Waals surface area contributed by atoms with E-state index < -0.39 is 0 Å². The van der Waals surface area contributed by atoms with Crippen LogP contribution in [0.4, 0.5) is 0 Å². The minimum absolute atomic E-state index is 0.121. The second kappa shape index (κ2) is 9.43. The van der Waals surface area contributed by atoms with Gasteiger partial charge < -0.3 is 5.32 Å². The van der Waals surface area contributed by atoms with Gasteiger partial charge in [-0.3, -0.25) is 9.69 Å². The van der Waals surface area contributed by atoms with E-state index in [1.807, 2.05) is 24.3 Å². The van der Waals surface area contributed by atoms with Crippen molar-refractivity contribution in [3.63, 3.8) is 0 Å². The van der Waals surface area contributed by atoms with Crippen molar-refractivity contribution in [3.8, 4) is 0 Å². The number of carbonyl (C=O) groups excluding carboxylic acids is 1. The van der Waals surface area contributed by atoms with Crippen LogP contribution in [-0.4, -0.2) is 36.0 Å². The van der Waals surface area contributed by atoms with Crippen molar-refractivity contribution in [3.05, 3.63) is 34.9 Å². The van der Waals surface area contributed by atoms with Gasteiger partial charge in [0.1, 0.15) is 0 Å². The Hall–Kier alpha value is -1.06. The molecule has 4 heteroatoms. The molecule has 1 saturated heterocycles. The van der Waals surface area contributed by atoms with Gasteiger partial charge in [0.25, 0.3) is 0 Å². The molecule has 0 spiro atoms. The normalized spacial score (nSPS) is 21.8. The van der Waals surface area contributed by atoms with Crippen LogP contribution in [0.1, 0.15) is 76.7 Å². The van der Waals surface area contributed by atoms with Crippen LogP contribution in [0.5, 0.6) is 0 Å². The highest BCUT2D eigenvalue weighted by Crippen LogP contribution is 2.35. The van der Waals surface area contributed by atoms with E-state index in [1.54, 1.807) is 0 Å². The molecule has 2 fully saturated rings. The van der Waals surface area contributed by atoms with Gasteiger partial charge in [0, 0.05) is 17.1 Å². The topological polar surface area (TPSA) is 32.3 Å². The number of carbonyl (C=O) groups is 1. The van der Waals surface area contributed by atoms with Gasteiger partial charge in [-0.05, 0) is 62.4 Å². The molecule has 1 saturated carbocycles. The molecule has 1 aliphatic heterocycles. The monoisotopic (exact) mass is 390 g/mol. The summed E-state index contributed by atoms with van der Waals surface area (Å²) in [5.74, 6) is 0.294. The Kier molecular flexibility index (Phi) is 7.22. The van der Waals surface area contributed by atoms with Crippen LogP contribution in [0.15, 0.2) is 24.3 Å². The van der Waals surface area contributed by atoms with Crippen molar-refractivity contribution in [2.75, 3.05) is 19.6 Å². The molecule has 27 heavy (non-hydrogen) atoms. The summed E-state index contributed by atoms with van der Waals surface area (Å²) in [6.07, 6.45) is 10.3. The van der Waals surface area contributed by atoms with Crippen LogP contribution >= 0.6 is 11.6 Å². The number of halogens is 1. The van der Waals surface area contributed by atoms with E-state index >= 15 is 0 Å². The van der Waals surface area contributed by atoms with E-state index in [-0.39, 0.29) is 23.3 Å². The van der Waals surface area contributed by atoms with Gasteiger partial charge in [-0.2, -0.15) is 0 Å². The van der Waals surface area contributed by atoms with Gasteiger partial charge in [-0.15, -0.1) is 0 Å². The smallest absolute Gasteiger partial charge is 0.227 e. The minimum atomic E-state index is -0.121. The lowest BCUT2D eigenvalue weighted by Crippen LogP contribution is -2.58. The van der Waals surface area contributed by atoms with Crippen molar-refractivity contribution >= 4 is 17.5 Å². The molecule has 1 unspecified atom stereocenters. The van der Waals surface area contributed by atoms with Gasteiger partial charge in [-0.25, -0.2) is 0 Å². The summed E-state index contributed by atoms with van der Waals surface area (Å²) in [5, 5.41) is 4.09. The molecule has 1 aromatic rings. The maximum atomic E-state index is 13.2. The fraction of sp³-hybridized carbons (Fsp3) is 0.696. The minimum Gasteiger partial charge on any atom is -0.354 e. The molecule has 2 aliphatic rings. The summed E-state index contributed by atoms with van der Waals surface area (Å²) in [6.45, 7) is 7.43. The molecule has 1 N–H and O–H groups in total. The molecule has 0 bridgehead atoms. The number of nitrogens with zero attached hydrogens (tertiary/aromatic N) is 1. The summed E-state index contributed by atoms with van der Waals surface area (Å²) < 4.78 is 0. The van der Waals surface area contributed by atoms with E-state index in [4.69, 9.17) is 11.6 Å². The number of piperidine rings is 1. The lowest BCUT2D eigenvalue weighted by molar-refractivity contribution is -0.124. The maximum Gasteiger partial charge on any atom is 0.227 e. The van der Waals surface area contributed by atoms with Gasteiger partial charge in [0.05, 0.1) is 5.92 Å². The molecular formula is C23H35ClN2O. The summed E-state index contributed by atoms with van der Waals surface area (Å²) in [7, 11) is 0. The molecule has 0 aromatic heterocycles. The average Bonchev–Trinajstić information content (AvgIpc) is 2.69. The lowest BCUT2D eigenvalue weighted by Gasteiger charge is -2.48. The molecule has 1 amide bonds.